The van der Waals surface area contributed by atoms with E-state index < -0.39 is 0 Å². The summed E-state index contributed by atoms with van der Waals surface area (Å²) in [5.74, 6) is 0.692. The Labute approximate surface area is 123 Å². The Balaban J connectivity index is 0. The normalized spacial score (nSPS) is 9.75. The minimum atomic E-state index is -0.272. The topological polar surface area (TPSA) is 26.3 Å². The molecule has 2 nitrogen and oxygen atoms in total. The molecule has 0 unspecified atom stereocenters. The van der Waals surface area contributed by atoms with Gasteiger partial charge in [0.2, 0.25) is 0 Å². The second-order valence-electron chi connectivity index (χ2n) is 4.27. The Kier molecular flexibility index (Phi) is 8.17. The maximum atomic E-state index is 11.3. The van der Waals surface area contributed by atoms with E-state index in [2.05, 4.69) is 0 Å². The van der Waals surface area contributed by atoms with Gasteiger partial charge in [0.15, 0.2) is 5.78 Å². The zero-order valence-electron chi connectivity index (χ0n) is 10.2. The molecule has 0 saturated heterocycles. The molecule has 0 spiro atoms. The zero-order valence-corrected chi connectivity index (χ0v) is 14.4. The van der Waals surface area contributed by atoms with Crippen molar-refractivity contribution in [2.45, 2.75) is 33.3 Å². The third kappa shape index (κ3) is 5.77. The number of ether oxygens (including phenoxy) is 1. The van der Waals surface area contributed by atoms with E-state index in [9.17, 15) is 4.79 Å². The molecule has 4 heteroatoms. The average molecular weight is 441 g/mol. The summed E-state index contributed by atoms with van der Waals surface area (Å²) >= 11 is 0. The molecule has 1 aromatic rings. The van der Waals surface area contributed by atoms with Crippen LogP contribution in [0.2, 0.25) is 0 Å². The maximum absolute atomic E-state index is 11.3. The molecule has 0 N–H and O–H groups in total. The molecule has 1 aromatic carbocycles. The van der Waals surface area contributed by atoms with Crippen molar-refractivity contribution in [1.82, 2.24) is 0 Å². The van der Waals surface area contributed by atoms with Crippen LogP contribution in [-0.2, 0) is 0 Å². The van der Waals surface area contributed by atoms with E-state index in [0.717, 1.165) is 0 Å². The van der Waals surface area contributed by atoms with Crippen LogP contribution in [0.5, 0.6) is 5.75 Å². The minimum Gasteiger partial charge on any atom is -0.487 e. The molecular formula is C12H16BO2U. The number of carbonyl (C=O) groups is 1. The van der Waals surface area contributed by atoms with Gasteiger partial charge in [-0.25, -0.2) is 0 Å². The molecule has 0 aromatic heterocycles. The van der Waals surface area contributed by atoms with Crippen molar-refractivity contribution in [2.75, 3.05) is 0 Å². The van der Waals surface area contributed by atoms with E-state index >= 15 is 0 Å². The van der Waals surface area contributed by atoms with Crippen molar-refractivity contribution in [3.8, 4) is 5.75 Å². The Bertz CT molecular complexity index is 345. The molecule has 0 aliphatic rings. The quantitative estimate of drug-likeness (QED) is 0.522. The number of para-hydroxylation sites is 1. The number of hydrogen-bond acceptors (Lipinski definition) is 2. The maximum Gasteiger partial charge on any atom is 0.163 e. The van der Waals surface area contributed by atoms with Gasteiger partial charge in [-0.3, -0.25) is 4.79 Å². The predicted molar refractivity (Wildman–Crippen MR) is 62.6 cm³/mol. The van der Waals surface area contributed by atoms with Crippen molar-refractivity contribution >= 4 is 14.2 Å². The number of rotatable bonds is 2. The van der Waals surface area contributed by atoms with Crippen LogP contribution in [0.1, 0.15) is 38.1 Å². The van der Waals surface area contributed by atoms with Crippen LogP contribution in [0.3, 0.4) is 0 Å². The summed E-state index contributed by atoms with van der Waals surface area (Å²) in [6, 6.07) is 7.31. The van der Waals surface area contributed by atoms with Gasteiger partial charge in [0.1, 0.15) is 11.4 Å². The number of hydrogen-bond donors (Lipinski definition) is 0. The molecule has 0 heterocycles. The van der Waals surface area contributed by atoms with Gasteiger partial charge in [-0.1, -0.05) is 12.1 Å². The smallest absolute Gasteiger partial charge is 0.163 e. The Morgan fingerprint density at radius 2 is 1.69 bits per heavy atom. The molecule has 0 atom stereocenters. The van der Waals surface area contributed by atoms with E-state index in [1.54, 1.807) is 13.0 Å². The Morgan fingerprint density at radius 1 is 1.19 bits per heavy atom. The Hall–Kier alpha value is -0.193. The van der Waals surface area contributed by atoms with Crippen LogP contribution in [0.4, 0.5) is 0 Å². The molecule has 0 aliphatic carbocycles. The van der Waals surface area contributed by atoms with Crippen molar-refractivity contribution < 1.29 is 40.6 Å². The van der Waals surface area contributed by atoms with Crippen molar-refractivity contribution in [3.63, 3.8) is 0 Å². The molecule has 1 rings (SSSR count). The minimum absolute atomic E-state index is 0. The largest absolute Gasteiger partial charge is 0.487 e. The molecule has 0 bridgehead atoms. The van der Waals surface area contributed by atoms with Crippen LogP contribution < -0.4 is 4.74 Å². The number of benzene rings is 1. The molecule has 0 aliphatic heterocycles. The van der Waals surface area contributed by atoms with Gasteiger partial charge >= 0.3 is 0 Å². The van der Waals surface area contributed by atoms with E-state index in [4.69, 9.17) is 4.74 Å². The first-order valence-corrected chi connectivity index (χ1v) is 4.69. The number of Topliss-reactive ketones (excluding diaryl/α,β-unsaturated/α-hetero) is 1. The van der Waals surface area contributed by atoms with Gasteiger partial charge in [0, 0.05) is 39.5 Å². The molecule has 0 saturated carbocycles. The van der Waals surface area contributed by atoms with Gasteiger partial charge in [-0.2, -0.15) is 0 Å². The molecular weight excluding hydrogens is 425 g/mol. The second-order valence-corrected chi connectivity index (χ2v) is 4.27. The fraction of sp³-hybridized carbons (Fsp3) is 0.417. The average Bonchev–Trinajstić information content (AvgIpc) is 2.01. The summed E-state index contributed by atoms with van der Waals surface area (Å²) in [7, 11) is 0. The van der Waals surface area contributed by atoms with Crippen molar-refractivity contribution in [2.24, 2.45) is 0 Å². The van der Waals surface area contributed by atoms with Gasteiger partial charge < -0.3 is 4.74 Å². The van der Waals surface area contributed by atoms with Gasteiger partial charge in [0.05, 0.1) is 5.56 Å². The van der Waals surface area contributed by atoms with Crippen molar-refractivity contribution in [3.05, 3.63) is 29.8 Å². The van der Waals surface area contributed by atoms with Gasteiger partial charge in [-0.15, -0.1) is 0 Å². The molecule has 83 valence electrons. The number of ketones is 1. The summed E-state index contributed by atoms with van der Waals surface area (Å²) in [5, 5.41) is 0. The summed E-state index contributed by atoms with van der Waals surface area (Å²) in [6.07, 6.45) is 0. The monoisotopic (exact) mass is 441 g/mol. The fourth-order valence-electron chi connectivity index (χ4n) is 1.18. The van der Waals surface area contributed by atoms with Crippen LogP contribution in [-0.4, -0.2) is 19.8 Å². The summed E-state index contributed by atoms with van der Waals surface area (Å²) in [5.41, 5.74) is 0.369. The molecule has 0 fully saturated rings. The SMILES string of the molecule is CC(=O)c1ccccc1OC(C)(C)C.[B].[U]. The summed E-state index contributed by atoms with van der Waals surface area (Å²) < 4.78 is 5.67. The van der Waals surface area contributed by atoms with Crippen LogP contribution in [0, 0.1) is 31.1 Å². The van der Waals surface area contributed by atoms with E-state index in [1.807, 2.05) is 39.0 Å². The first-order chi connectivity index (χ1) is 6.40. The molecule has 3 radical (unpaired) electrons. The first kappa shape index (κ1) is 18.2. The van der Waals surface area contributed by atoms with Gasteiger partial charge in [-0.05, 0) is 39.8 Å². The molecule has 16 heavy (non-hydrogen) atoms. The molecule has 0 amide bonds. The predicted octanol–water partition coefficient (Wildman–Crippen LogP) is 2.69. The zero-order chi connectivity index (χ0) is 10.8. The number of carbonyl (C=O) groups excluding carboxylic acids is 1. The summed E-state index contributed by atoms with van der Waals surface area (Å²) in [6.45, 7) is 7.43. The second kappa shape index (κ2) is 7.19. The van der Waals surface area contributed by atoms with Gasteiger partial charge in [0.25, 0.3) is 0 Å². The van der Waals surface area contributed by atoms with Crippen molar-refractivity contribution in [1.29, 1.82) is 0 Å². The standard InChI is InChI=1S/C12H16O2.B.U/c1-9(13)10-7-5-6-8-11(10)14-12(2,3)4;;/h5-8H,1-4H3;;. The van der Waals surface area contributed by atoms with Crippen LogP contribution >= 0.6 is 0 Å². The van der Waals surface area contributed by atoms with Crippen LogP contribution in [0.25, 0.3) is 0 Å². The third-order valence-corrected chi connectivity index (χ3v) is 1.68. The van der Waals surface area contributed by atoms with E-state index in [1.165, 1.54) is 0 Å². The fourth-order valence-corrected chi connectivity index (χ4v) is 1.18. The Morgan fingerprint density at radius 3 is 2.12 bits per heavy atom. The van der Waals surface area contributed by atoms with E-state index in [-0.39, 0.29) is 50.9 Å². The van der Waals surface area contributed by atoms with E-state index in [0.29, 0.717) is 11.3 Å². The first-order valence-electron chi connectivity index (χ1n) is 4.69. The summed E-state index contributed by atoms with van der Waals surface area (Å²) in [4.78, 5) is 11.3. The third-order valence-electron chi connectivity index (χ3n) is 1.68. The van der Waals surface area contributed by atoms with Crippen LogP contribution in [0.15, 0.2) is 24.3 Å².